The Morgan fingerprint density at radius 2 is 2.22 bits per heavy atom. The van der Waals surface area contributed by atoms with E-state index in [-0.39, 0.29) is 11.2 Å². The number of hydrogen-bond acceptors (Lipinski definition) is 6. The van der Waals surface area contributed by atoms with Crippen molar-refractivity contribution in [2.75, 3.05) is 20.3 Å². The van der Waals surface area contributed by atoms with Crippen molar-refractivity contribution in [3.63, 3.8) is 0 Å². The van der Waals surface area contributed by atoms with Crippen molar-refractivity contribution in [1.29, 1.82) is 0 Å². The molecule has 0 aliphatic heterocycles. The summed E-state index contributed by atoms with van der Waals surface area (Å²) in [4.78, 5) is 20.7. The fourth-order valence-corrected chi connectivity index (χ4v) is 3.11. The highest BCUT2D eigenvalue weighted by Crippen LogP contribution is 2.33. The fraction of sp³-hybridized carbons (Fsp3) is 0.312. The summed E-state index contributed by atoms with van der Waals surface area (Å²) >= 11 is 1.36. The highest BCUT2D eigenvalue weighted by Gasteiger charge is 2.19. The maximum atomic E-state index is 12.1. The molecule has 0 aliphatic rings. The molecule has 1 aromatic carbocycles. The van der Waals surface area contributed by atoms with Crippen molar-refractivity contribution >= 4 is 39.7 Å². The Kier molecular flexibility index (Phi) is 4.78. The van der Waals surface area contributed by atoms with Crippen LogP contribution in [0.3, 0.4) is 0 Å². The molecule has 1 N–H and O–H groups in total. The van der Waals surface area contributed by atoms with E-state index in [1.165, 1.54) is 18.1 Å². The molecule has 0 radical (unpaired) electrons. The lowest BCUT2D eigenvalue weighted by molar-refractivity contribution is -0.120. The Balaban J connectivity index is 1.84. The predicted molar refractivity (Wildman–Crippen MR) is 89.5 cm³/mol. The molecule has 0 saturated heterocycles. The van der Waals surface area contributed by atoms with Crippen molar-refractivity contribution in [3.05, 3.63) is 30.6 Å². The number of amides is 1. The van der Waals surface area contributed by atoms with Gasteiger partial charge in [0.15, 0.2) is 5.58 Å². The average Bonchev–Trinajstić information content (AvgIpc) is 2.95. The first kappa shape index (κ1) is 15.8. The van der Waals surface area contributed by atoms with Crippen LogP contribution in [0.2, 0.25) is 0 Å². The van der Waals surface area contributed by atoms with Crippen LogP contribution in [0.25, 0.3) is 22.1 Å². The minimum Gasteiger partial charge on any atom is -0.451 e. The van der Waals surface area contributed by atoms with E-state index in [0.29, 0.717) is 23.8 Å². The molecule has 0 unspecified atom stereocenters. The third-order valence-corrected chi connectivity index (χ3v) is 4.47. The number of carbonyl (C=O) groups excluding carboxylic acids is 1. The number of nitrogens with zero attached hydrogens (tertiary/aromatic N) is 2. The second-order valence-corrected chi connectivity index (χ2v) is 6.33. The number of thioether (sulfide) groups is 1. The maximum Gasteiger partial charge on any atom is 0.233 e. The normalized spacial score (nSPS) is 12.6. The first-order chi connectivity index (χ1) is 11.2. The number of para-hydroxylation sites is 1. The van der Waals surface area contributed by atoms with Crippen LogP contribution in [0, 0.1) is 0 Å². The summed E-state index contributed by atoms with van der Waals surface area (Å²) in [6.45, 7) is 2.82. The summed E-state index contributed by atoms with van der Waals surface area (Å²) in [7, 11) is 1.60. The summed E-state index contributed by atoms with van der Waals surface area (Å²) in [5.74, 6) is -0.0603. The molecule has 1 amide bonds. The highest BCUT2D eigenvalue weighted by atomic mass is 32.2. The number of methoxy groups -OCH3 is 1. The minimum atomic E-state index is -0.293. The molecule has 7 heteroatoms. The van der Waals surface area contributed by atoms with Crippen LogP contribution in [0.5, 0.6) is 0 Å². The number of ether oxygens (including phenoxy) is 1. The van der Waals surface area contributed by atoms with Crippen molar-refractivity contribution in [3.8, 4) is 0 Å². The summed E-state index contributed by atoms with van der Waals surface area (Å²) in [5, 5.41) is 4.14. The zero-order chi connectivity index (χ0) is 16.2. The number of benzene rings is 1. The standard InChI is InChI=1S/C16H17N3O3S/c1-10(15(20)17-7-8-21-2)23-16-14-13(18-9-19-16)11-5-3-4-6-12(11)22-14/h3-6,9-10H,7-8H2,1-2H3,(H,17,20)/t10-/m0/s1. The largest absolute Gasteiger partial charge is 0.451 e. The Morgan fingerprint density at radius 1 is 1.39 bits per heavy atom. The molecule has 0 spiro atoms. The number of carbonyl (C=O) groups is 1. The van der Waals surface area contributed by atoms with Gasteiger partial charge in [-0.25, -0.2) is 9.97 Å². The smallest absolute Gasteiger partial charge is 0.233 e. The molecule has 2 aromatic heterocycles. The van der Waals surface area contributed by atoms with E-state index in [1.807, 2.05) is 31.2 Å². The fourth-order valence-electron chi connectivity index (χ4n) is 2.23. The SMILES string of the molecule is COCCNC(=O)[C@H](C)Sc1ncnc2c1oc1ccccc12. The lowest BCUT2D eigenvalue weighted by atomic mass is 10.2. The Labute approximate surface area is 137 Å². The zero-order valence-corrected chi connectivity index (χ0v) is 13.7. The van der Waals surface area contributed by atoms with Crippen molar-refractivity contribution in [1.82, 2.24) is 15.3 Å². The Morgan fingerprint density at radius 3 is 3.04 bits per heavy atom. The first-order valence-electron chi connectivity index (χ1n) is 7.26. The van der Waals surface area contributed by atoms with E-state index >= 15 is 0 Å². The quantitative estimate of drug-likeness (QED) is 0.425. The monoisotopic (exact) mass is 331 g/mol. The lowest BCUT2D eigenvalue weighted by Gasteiger charge is -2.11. The van der Waals surface area contributed by atoms with Gasteiger partial charge in [-0.15, -0.1) is 0 Å². The van der Waals surface area contributed by atoms with Gasteiger partial charge in [0.05, 0.1) is 11.9 Å². The van der Waals surface area contributed by atoms with Gasteiger partial charge in [0, 0.05) is 19.0 Å². The molecule has 0 fully saturated rings. The van der Waals surface area contributed by atoms with Crippen LogP contribution < -0.4 is 5.32 Å². The zero-order valence-electron chi connectivity index (χ0n) is 12.9. The molecular weight excluding hydrogens is 314 g/mol. The van der Waals surface area contributed by atoms with E-state index in [2.05, 4.69) is 15.3 Å². The summed E-state index contributed by atoms with van der Waals surface area (Å²) in [6.07, 6.45) is 1.50. The number of rotatable bonds is 6. The number of nitrogens with one attached hydrogen (secondary N) is 1. The molecule has 1 atom stereocenters. The molecule has 3 aromatic rings. The molecule has 23 heavy (non-hydrogen) atoms. The molecule has 0 saturated carbocycles. The van der Waals surface area contributed by atoms with Crippen LogP contribution in [-0.4, -0.2) is 41.4 Å². The second-order valence-electron chi connectivity index (χ2n) is 5.00. The van der Waals surface area contributed by atoms with Crippen LogP contribution in [0.1, 0.15) is 6.92 Å². The molecule has 0 bridgehead atoms. The van der Waals surface area contributed by atoms with Crippen LogP contribution in [0.15, 0.2) is 40.0 Å². The van der Waals surface area contributed by atoms with E-state index in [1.54, 1.807) is 7.11 Å². The minimum absolute atomic E-state index is 0.0603. The Hall–Kier alpha value is -2.12. The number of furan rings is 1. The van der Waals surface area contributed by atoms with E-state index in [9.17, 15) is 4.79 Å². The molecule has 120 valence electrons. The second kappa shape index (κ2) is 6.97. The van der Waals surface area contributed by atoms with Crippen molar-refractivity contribution in [2.45, 2.75) is 17.2 Å². The van der Waals surface area contributed by atoms with Gasteiger partial charge >= 0.3 is 0 Å². The predicted octanol–water partition coefficient (Wildman–Crippen LogP) is 2.62. The average molecular weight is 331 g/mol. The molecule has 2 heterocycles. The summed E-state index contributed by atoms with van der Waals surface area (Å²) < 4.78 is 10.8. The van der Waals surface area contributed by atoms with E-state index in [0.717, 1.165) is 16.5 Å². The Bertz CT molecular complexity index is 834. The molecular formula is C16H17N3O3S. The highest BCUT2D eigenvalue weighted by molar-refractivity contribution is 8.00. The van der Waals surface area contributed by atoms with Crippen LogP contribution in [0.4, 0.5) is 0 Å². The number of fused-ring (bicyclic) bond motifs is 3. The summed E-state index contributed by atoms with van der Waals surface area (Å²) in [6, 6.07) is 7.71. The van der Waals surface area contributed by atoms with E-state index < -0.39 is 0 Å². The third-order valence-electron chi connectivity index (χ3n) is 3.39. The van der Waals surface area contributed by atoms with Crippen molar-refractivity contribution < 1.29 is 13.9 Å². The number of hydrogen-bond donors (Lipinski definition) is 1. The van der Waals surface area contributed by atoms with Gasteiger partial charge in [-0.2, -0.15) is 0 Å². The van der Waals surface area contributed by atoms with Gasteiger partial charge in [-0.05, 0) is 19.1 Å². The first-order valence-corrected chi connectivity index (χ1v) is 8.14. The van der Waals surface area contributed by atoms with Crippen LogP contribution in [-0.2, 0) is 9.53 Å². The van der Waals surface area contributed by atoms with Gasteiger partial charge in [0.25, 0.3) is 0 Å². The summed E-state index contributed by atoms with van der Waals surface area (Å²) in [5.41, 5.74) is 2.15. The lowest BCUT2D eigenvalue weighted by Crippen LogP contribution is -2.33. The topological polar surface area (TPSA) is 77.2 Å². The molecule has 6 nitrogen and oxygen atoms in total. The molecule has 3 rings (SSSR count). The van der Waals surface area contributed by atoms with Crippen molar-refractivity contribution in [2.24, 2.45) is 0 Å². The van der Waals surface area contributed by atoms with Crippen LogP contribution >= 0.6 is 11.8 Å². The van der Waals surface area contributed by atoms with Gasteiger partial charge in [-0.1, -0.05) is 23.9 Å². The van der Waals surface area contributed by atoms with Gasteiger partial charge < -0.3 is 14.5 Å². The van der Waals surface area contributed by atoms with E-state index in [4.69, 9.17) is 9.15 Å². The van der Waals surface area contributed by atoms with Gasteiger partial charge in [0.1, 0.15) is 22.5 Å². The van der Waals surface area contributed by atoms with Gasteiger partial charge in [-0.3, -0.25) is 4.79 Å². The van der Waals surface area contributed by atoms with Gasteiger partial charge in [0.2, 0.25) is 5.91 Å². The maximum absolute atomic E-state index is 12.1. The number of aromatic nitrogens is 2. The molecule has 0 aliphatic carbocycles. The third kappa shape index (κ3) is 3.30.